The van der Waals surface area contributed by atoms with Crippen LogP contribution in [0.3, 0.4) is 0 Å². The van der Waals surface area contributed by atoms with Crippen LogP contribution in [0.15, 0.2) is 24.3 Å². The fourth-order valence-corrected chi connectivity index (χ4v) is 2.86. The van der Waals surface area contributed by atoms with E-state index in [0.717, 1.165) is 30.8 Å². The molecule has 0 aliphatic carbocycles. The van der Waals surface area contributed by atoms with E-state index in [4.69, 9.17) is 0 Å². The Morgan fingerprint density at radius 2 is 2.15 bits per heavy atom. The summed E-state index contributed by atoms with van der Waals surface area (Å²) in [6.07, 6.45) is 1.01. The molecule has 0 bridgehead atoms. The Balaban J connectivity index is 1.86. The third-order valence-corrected chi connectivity index (χ3v) is 3.93. The summed E-state index contributed by atoms with van der Waals surface area (Å²) in [6.45, 7) is 5.50. The number of hydrogen-bond acceptors (Lipinski definition) is 3. The van der Waals surface area contributed by atoms with Crippen molar-refractivity contribution in [2.24, 2.45) is 7.05 Å². The van der Waals surface area contributed by atoms with Crippen molar-refractivity contribution < 1.29 is 4.79 Å². The predicted molar refractivity (Wildman–Crippen MR) is 79.1 cm³/mol. The van der Waals surface area contributed by atoms with Gasteiger partial charge in [0.2, 0.25) is 0 Å². The van der Waals surface area contributed by atoms with Gasteiger partial charge in [0.05, 0.1) is 17.9 Å². The van der Waals surface area contributed by atoms with Gasteiger partial charge in [0.1, 0.15) is 0 Å². The lowest BCUT2D eigenvalue weighted by atomic mass is 10.1. The van der Waals surface area contributed by atoms with Gasteiger partial charge in [-0.1, -0.05) is 0 Å². The van der Waals surface area contributed by atoms with E-state index in [9.17, 15) is 4.79 Å². The molecule has 0 unspecified atom stereocenters. The number of aryl methyl sites for hydroxylation is 2. The van der Waals surface area contributed by atoms with E-state index < -0.39 is 0 Å². The first-order chi connectivity index (χ1) is 9.54. The topological polar surface area (TPSA) is 38.1 Å². The third kappa shape index (κ3) is 2.22. The van der Waals surface area contributed by atoms with Crippen LogP contribution in [0.1, 0.15) is 34.2 Å². The average molecular weight is 269 g/mol. The van der Waals surface area contributed by atoms with Crippen LogP contribution in [-0.2, 0) is 20.0 Å². The van der Waals surface area contributed by atoms with Gasteiger partial charge in [0.25, 0.3) is 0 Å². The summed E-state index contributed by atoms with van der Waals surface area (Å²) in [5, 5.41) is 4.39. The van der Waals surface area contributed by atoms with Crippen LogP contribution < -0.4 is 4.90 Å². The molecule has 4 heteroatoms. The van der Waals surface area contributed by atoms with Crippen molar-refractivity contribution in [1.29, 1.82) is 0 Å². The van der Waals surface area contributed by atoms with Gasteiger partial charge in [-0.25, -0.2) is 0 Å². The van der Waals surface area contributed by atoms with Crippen LogP contribution in [0.2, 0.25) is 0 Å². The molecule has 0 N–H and O–H groups in total. The van der Waals surface area contributed by atoms with Crippen LogP contribution in [-0.4, -0.2) is 22.1 Å². The lowest BCUT2D eigenvalue weighted by Crippen LogP contribution is -2.21. The van der Waals surface area contributed by atoms with E-state index in [0.29, 0.717) is 0 Å². The smallest absolute Gasteiger partial charge is 0.159 e. The molecule has 2 heterocycles. The molecule has 20 heavy (non-hydrogen) atoms. The monoisotopic (exact) mass is 269 g/mol. The third-order valence-electron chi connectivity index (χ3n) is 3.93. The Labute approximate surface area is 119 Å². The molecule has 104 valence electrons. The minimum atomic E-state index is 0.133. The number of fused-ring (bicyclic) bond motifs is 1. The maximum atomic E-state index is 11.4. The summed E-state index contributed by atoms with van der Waals surface area (Å²) >= 11 is 0. The molecule has 0 spiro atoms. The molecule has 0 atom stereocenters. The van der Waals surface area contributed by atoms with Gasteiger partial charge in [-0.2, -0.15) is 5.10 Å². The molecule has 0 saturated heterocycles. The van der Waals surface area contributed by atoms with E-state index >= 15 is 0 Å². The van der Waals surface area contributed by atoms with Crippen LogP contribution >= 0.6 is 0 Å². The number of Topliss-reactive ketones (excluding diaryl/α,β-unsaturated/α-hetero) is 1. The summed E-state index contributed by atoms with van der Waals surface area (Å²) in [5.74, 6) is 0.133. The van der Waals surface area contributed by atoms with Crippen molar-refractivity contribution in [3.63, 3.8) is 0 Å². The Morgan fingerprint density at radius 1 is 1.35 bits per heavy atom. The van der Waals surface area contributed by atoms with Gasteiger partial charge in [-0.05, 0) is 50.1 Å². The number of nitrogens with zero attached hydrogens (tertiary/aromatic N) is 3. The number of aromatic nitrogens is 2. The van der Waals surface area contributed by atoms with Gasteiger partial charge >= 0.3 is 0 Å². The molecule has 3 rings (SSSR count). The zero-order chi connectivity index (χ0) is 14.3. The molecule has 0 fully saturated rings. The summed E-state index contributed by atoms with van der Waals surface area (Å²) in [7, 11) is 1.98. The number of rotatable bonds is 3. The summed E-state index contributed by atoms with van der Waals surface area (Å²) in [5.41, 5.74) is 5.59. The summed E-state index contributed by atoms with van der Waals surface area (Å²) < 4.78 is 1.94. The number of ketones is 1. The molecule has 2 aromatic rings. The van der Waals surface area contributed by atoms with E-state index in [-0.39, 0.29) is 5.78 Å². The molecule has 0 amide bonds. The second-order valence-corrected chi connectivity index (χ2v) is 5.47. The number of benzene rings is 1. The van der Waals surface area contributed by atoms with Gasteiger partial charge in [-0.15, -0.1) is 0 Å². The SMILES string of the molecule is CC(=O)c1ccc2c(c1)CCN2Cc1cc(C)nn1C. The van der Waals surface area contributed by atoms with Gasteiger partial charge in [-0.3, -0.25) is 9.48 Å². The van der Waals surface area contributed by atoms with Crippen LogP contribution in [0.4, 0.5) is 5.69 Å². The lowest BCUT2D eigenvalue weighted by Gasteiger charge is -2.19. The van der Waals surface area contributed by atoms with E-state index in [1.54, 1.807) is 6.92 Å². The lowest BCUT2D eigenvalue weighted by molar-refractivity contribution is 0.101. The van der Waals surface area contributed by atoms with Gasteiger partial charge < -0.3 is 4.90 Å². The zero-order valence-corrected chi connectivity index (χ0v) is 12.2. The van der Waals surface area contributed by atoms with Crippen molar-refractivity contribution in [3.05, 3.63) is 46.8 Å². The molecular weight excluding hydrogens is 250 g/mol. The second kappa shape index (κ2) is 4.78. The first-order valence-corrected chi connectivity index (χ1v) is 6.93. The van der Waals surface area contributed by atoms with Crippen molar-refractivity contribution in [2.75, 3.05) is 11.4 Å². The highest BCUT2D eigenvalue weighted by atomic mass is 16.1. The van der Waals surface area contributed by atoms with E-state index in [1.165, 1.54) is 16.9 Å². The second-order valence-electron chi connectivity index (χ2n) is 5.47. The Hall–Kier alpha value is -2.10. The quantitative estimate of drug-likeness (QED) is 0.804. The number of carbonyl (C=O) groups excluding carboxylic acids is 1. The Bertz CT molecular complexity index is 672. The molecule has 4 nitrogen and oxygen atoms in total. The highest BCUT2D eigenvalue weighted by molar-refractivity contribution is 5.94. The van der Waals surface area contributed by atoms with Gasteiger partial charge in [0.15, 0.2) is 5.78 Å². The van der Waals surface area contributed by atoms with Gasteiger partial charge in [0, 0.05) is 24.8 Å². The largest absolute Gasteiger partial charge is 0.365 e. The molecule has 0 radical (unpaired) electrons. The number of anilines is 1. The first kappa shape index (κ1) is 12.9. The molecular formula is C16H19N3O. The fourth-order valence-electron chi connectivity index (χ4n) is 2.86. The molecule has 1 aromatic carbocycles. The fraction of sp³-hybridized carbons (Fsp3) is 0.375. The first-order valence-electron chi connectivity index (χ1n) is 6.93. The Morgan fingerprint density at radius 3 is 2.80 bits per heavy atom. The molecule has 1 aromatic heterocycles. The number of hydrogen-bond donors (Lipinski definition) is 0. The highest BCUT2D eigenvalue weighted by Crippen LogP contribution is 2.30. The standard InChI is InChI=1S/C16H19N3O/c1-11-8-15(18(3)17-11)10-19-7-6-14-9-13(12(2)20)4-5-16(14)19/h4-5,8-9H,6-7,10H2,1-3H3. The molecule has 0 saturated carbocycles. The highest BCUT2D eigenvalue weighted by Gasteiger charge is 2.21. The minimum absolute atomic E-state index is 0.133. The van der Waals surface area contributed by atoms with Crippen molar-refractivity contribution >= 4 is 11.5 Å². The van der Waals surface area contributed by atoms with Crippen molar-refractivity contribution in [2.45, 2.75) is 26.8 Å². The molecule has 1 aliphatic heterocycles. The maximum absolute atomic E-state index is 11.4. The average Bonchev–Trinajstić information content (AvgIpc) is 2.93. The Kier molecular flexibility index (Phi) is 3.08. The maximum Gasteiger partial charge on any atom is 0.159 e. The summed E-state index contributed by atoms with van der Waals surface area (Å²) in [4.78, 5) is 13.8. The minimum Gasteiger partial charge on any atom is -0.365 e. The van der Waals surface area contributed by atoms with Crippen molar-refractivity contribution in [3.8, 4) is 0 Å². The van der Waals surface area contributed by atoms with E-state index in [1.807, 2.05) is 30.8 Å². The van der Waals surface area contributed by atoms with Crippen LogP contribution in [0.25, 0.3) is 0 Å². The predicted octanol–water partition coefficient (Wildman–Crippen LogP) is 2.49. The van der Waals surface area contributed by atoms with Crippen LogP contribution in [0.5, 0.6) is 0 Å². The molecule has 1 aliphatic rings. The normalized spacial score (nSPS) is 13.7. The number of carbonyl (C=O) groups is 1. The zero-order valence-electron chi connectivity index (χ0n) is 12.2. The van der Waals surface area contributed by atoms with Crippen LogP contribution in [0, 0.1) is 6.92 Å². The van der Waals surface area contributed by atoms with Crippen molar-refractivity contribution in [1.82, 2.24) is 9.78 Å². The van der Waals surface area contributed by atoms with E-state index in [2.05, 4.69) is 22.1 Å². The summed E-state index contributed by atoms with van der Waals surface area (Å²) in [6, 6.07) is 8.16.